The number of esters is 3. The van der Waals surface area contributed by atoms with Crippen LogP contribution in [0.3, 0.4) is 0 Å². The van der Waals surface area contributed by atoms with E-state index in [1.165, 1.54) is 0 Å². The van der Waals surface area contributed by atoms with E-state index in [0.29, 0.717) is 5.57 Å². The number of rotatable bonds is 7. The molecule has 0 aromatic rings. The number of hydrogen-bond donors (Lipinski definition) is 7. The molecule has 2 bridgehead atoms. The molecule has 16 nitrogen and oxygen atoms in total. The highest BCUT2D eigenvalue weighted by Gasteiger charge is 2.85. The summed E-state index contributed by atoms with van der Waals surface area (Å²) in [4.78, 5) is 40.3. The molecule has 16 heteroatoms. The minimum Gasteiger partial charge on any atom is -0.467 e. The van der Waals surface area contributed by atoms with Crippen LogP contribution in [0.15, 0.2) is 11.6 Å². The summed E-state index contributed by atoms with van der Waals surface area (Å²) in [5.74, 6) is -6.06. The van der Waals surface area contributed by atoms with Crippen molar-refractivity contribution in [3.63, 3.8) is 0 Å². The van der Waals surface area contributed by atoms with Crippen molar-refractivity contribution < 1.29 is 78.6 Å². The fraction of sp³-hybridized carbons (Fsp3) is 0.844. The van der Waals surface area contributed by atoms with E-state index < -0.39 is 126 Å². The second-order valence-corrected chi connectivity index (χ2v) is 14.8. The van der Waals surface area contributed by atoms with Crippen molar-refractivity contribution in [1.29, 1.82) is 0 Å². The van der Waals surface area contributed by atoms with Gasteiger partial charge in [-0.05, 0) is 25.2 Å². The molecule has 17 atom stereocenters. The molecular formula is C32H46O16. The van der Waals surface area contributed by atoms with Gasteiger partial charge in [0.2, 0.25) is 11.7 Å². The summed E-state index contributed by atoms with van der Waals surface area (Å²) in [6, 6.07) is 0. The van der Waals surface area contributed by atoms with Crippen LogP contribution in [0.1, 0.15) is 40.5 Å². The Bertz CT molecular complexity index is 1330. The third-order valence-electron chi connectivity index (χ3n) is 12.0. The Kier molecular flexibility index (Phi) is 9.05. The number of hydrogen-bond acceptors (Lipinski definition) is 16. The van der Waals surface area contributed by atoms with Crippen LogP contribution in [-0.2, 0) is 42.8 Å². The van der Waals surface area contributed by atoms with Crippen LogP contribution >= 0.6 is 0 Å². The van der Waals surface area contributed by atoms with E-state index in [1.807, 2.05) is 0 Å². The van der Waals surface area contributed by atoms with Crippen molar-refractivity contribution >= 4 is 17.9 Å². The van der Waals surface area contributed by atoms with Gasteiger partial charge in [-0.1, -0.05) is 32.4 Å². The zero-order valence-corrected chi connectivity index (χ0v) is 27.4. The Morgan fingerprint density at radius 3 is 2.33 bits per heavy atom. The topological polar surface area (TPSA) is 248 Å². The number of allylic oxidation sites excluding steroid dienone is 1. The van der Waals surface area contributed by atoms with Crippen LogP contribution in [0.4, 0.5) is 0 Å². The van der Waals surface area contributed by atoms with Crippen molar-refractivity contribution in [3.8, 4) is 0 Å². The highest BCUT2D eigenvalue weighted by atomic mass is 16.7. The molecule has 0 unspecified atom stereocenters. The van der Waals surface area contributed by atoms with Gasteiger partial charge in [0.1, 0.15) is 42.7 Å². The minimum absolute atomic E-state index is 0.0624. The monoisotopic (exact) mass is 686 g/mol. The lowest BCUT2D eigenvalue weighted by molar-refractivity contribution is -0.330. The number of aliphatic hydroxyl groups excluding tert-OH is 7. The molecule has 7 N–H and O–H groups in total. The molecule has 270 valence electrons. The Labute approximate surface area is 276 Å². The molecule has 3 heterocycles. The highest BCUT2D eigenvalue weighted by Crippen LogP contribution is 2.73. The van der Waals surface area contributed by atoms with E-state index in [9.17, 15) is 50.1 Å². The maximum atomic E-state index is 13.7. The van der Waals surface area contributed by atoms with Crippen molar-refractivity contribution in [1.82, 2.24) is 0 Å². The lowest BCUT2D eigenvalue weighted by Gasteiger charge is -2.68. The van der Waals surface area contributed by atoms with E-state index in [0.717, 1.165) is 7.11 Å². The Hall–Kier alpha value is -2.25. The molecule has 5 fully saturated rings. The molecule has 3 saturated heterocycles. The number of carbonyl (C=O) groups excluding carboxylic acids is 3. The number of carbonyl (C=O) groups is 3. The quantitative estimate of drug-likeness (QED) is 0.0818. The molecule has 6 aliphatic rings. The van der Waals surface area contributed by atoms with Crippen molar-refractivity contribution in [3.05, 3.63) is 11.6 Å². The molecule has 48 heavy (non-hydrogen) atoms. The first kappa shape index (κ1) is 35.6. The molecule has 2 saturated carbocycles. The Balaban J connectivity index is 1.45. The summed E-state index contributed by atoms with van der Waals surface area (Å²) >= 11 is 0. The van der Waals surface area contributed by atoms with Crippen molar-refractivity contribution in [2.24, 2.45) is 34.5 Å². The number of methoxy groups -OCH3 is 1. The second kappa shape index (κ2) is 12.2. The number of ether oxygens (including phenoxy) is 6. The SMILES string of the molecule is COC(=O)[C@@]12OC[C@]34[C@H]([C@@H](O)[C@@H]1O)[C@@]1(C)[C@H](O)[C@@H](O[C@@H]5O[C@H](CO)[C@@H](O)[C@H](O)[C@H]5O)C=C(C)[C@@H]1C[C@H]3OC(=O)[C@H](OC(=O)CC(C)C)[C@@H]24. The average Bonchev–Trinajstić information content (AvgIpc) is 3.34. The van der Waals surface area contributed by atoms with Gasteiger partial charge in [0.25, 0.3) is 0 Å². The van der Waals surface area contributed by atoms with Crippen LogP contribution in [0.2, 0.25) is 0 Å². The van der Waals surface area contributed by atoms with E-state index in [2.05, 4.69) is 0 Å². The first-order chi connectivity index (χ1) is 22.5. The van der Waals surface area contributed by atoms with Gasteiger partial charge in [0.15, 0.2) is 6.29 Å². The van der Waals surface area contributed by atoms with E-state index >= 15 is 0 Å². The zero-order chi connectivity index (χ0) is 35.2. The van der Waals surface area contributed by atoms with Gasteiger partial charge in [-0.15, -0.1) is 0 Å². The summed E-state index contributed by atoms with van der Waals surface area (Å²) in [5, 5.41) is 77.0. The molecule has 0 radical (unpaired) electrons. The fourth-order valence-electron chi connectivity index (χ4n) is 9.92. The number of fused-ring (bicyclic) bond motifs is 2. The van der Waals surface area contributed by atoms with Gasteiger partial charge in [0, 0.05) is 23.2 Å². The summed E-state index contributed by atoms with van der Waals surface area (Å²) in [6.07, 6.45) is -15.7. The standard InChI is InChI=1S/C32H46O16/c1-11(2)6-17(34)48-22-24-31-10-44-32(24,29(42)43-5)26(40)21(38)23(31)30(4)13(8-16(31)47-27(22)41)12(3)7-14(25(30)39)45-28-20(37)19(36)18(35)15(9-33)46-28/h7,11,13-16,18-26,28,33,35-40H,6,8-10H2,1-5H3/t13-,14-,15+,16+,18+,19-,20+,21+,22+,23+,24+,25+,26-,28+,30-,31+,32-/m0/s1. The second-order valence-electron chi connectivity index (χ2n) is 14.8. The predicted octanol–water partition coefficient (Wildman–Crippen LogP) is -2.70. The maximum absolute atomic E-state index is 13.7. The maximum Gasteiger partial charge on any atom is 0.348 e. The van der Waals surface area contributed by atoms with Gasteiger partial charge in [0.05, 0.1) is 38.4 Å². The van der Waals surface area contributed by atoms with Gasteiger partial charge in [-0.25, -0.2) is 9.59 Å². The van der Waals surface area contributed by atoms with E-state index in [4.69, 9.17) is 28.4 Å². The van der Waals surface area contributed by atoms with Crippen LogP contribution in [-0.4, -0.2) is 147 Å². The van der Waals surface area contributed by atoms with Crippen molar-refractivity contribution in [2.45, 2.75) is 113 Å². The Morgan fingerprint density at radius 2 is 1.71 bits per heavy atom. The fourth-order valence-corrected chi connectivity index (χ4v) is 9.92. The summed E-state index contributed by atoms with van der Waals surface area (Å²) < 4.78 is 34.5. The summed E-state index contributed by atoms with van der Waals surface area (Å²) in [6.45, 7) is 5.93. The number of aliphatic hydroxyl groups is 7. The van der Waals surface area contributed by atoms with Gasteiger partial charge >= 0.3 is 17.9 Å². The molecule has 3 aliphatic carbocycles. The largest absolute Gasteiger partial charge is 0.467 e. The third-order valence-corrected chi connectivity index (χ3v) is 12.0. The molecule has 0 aromatic heterocycles. The van der Waals surface area contributed by atoms with Crippen LogP contribution in [0.25, 0.3) is 0 Å². The lowest BCUT2D eigenvalue weighted by Crippen LogP contribution is -2.80. The first-order valence-electron chi connectivity index (χ1n) is 16.3. The smallest absolute Gasteiger partial charge is 0.348 e. The molecule has 6 rings (SSSR count). The van der Waals surface area contributed by atoms with E-state index in [-0.39, 0.29) is 25.4 Å². The summed E-state index contributed by atoms with van der Waals surface area (Å²) in [5.41, 5.74) is -4.60. The third kappa shape index (κ3) is 4.68. The average molecular weight is 687 g/mol. The molecule has 1 spiro atoms. The molecular weight excluding hydrogens is 640 g/mol. The van der Waals surface area contributed by atoms with E-state index in [1.54, 1.807) is 33.8 Å². The molecule has 0 amide bonds. The molecule has 0 aromatic carbocycles. The van der Waals surface area contributed by atoms with Gasteiger partial charge in [-0.3, -0.25) is 4.79 Å². The van der Waals surface area contributed by atoms with Gasteiger partial charge < -0.3 is 64.2 Å². The predicted molar refractivity (Wildman–Crippen MR) is 156 cm³/mol. The zero-order valence-electron chi connectivity index (χ0n) is 27.4. The molecule has 3 aliphatic heterocycles. The van der Waals surface area contributed by atoms with Crippen LogP contribution in [0, 0.1) is 34.5 Å². The normalized spacial score (nSPS) is 50.9. The lowest BCUT2D eigenvalue weighted by atomic mass is 9.37. The van der Waals surface area contributed by atoms with Crippen LogP contribution < -0.4 is 0 Å². The van der Waals surface area contributed by atoms with Crippen molar-refractivity contribution in [2.75, 3.05) is 20.3 Å². The first-order valence-corrected chi connectivity index (χ1v) is 16.3. The highest BCUT2D eigenvalue weighted by molar-refractivity contribution is 5.87. The van der Waals surface area contributed by atoms with Gasteiger partial charge in [-0.2, -0.15) is 0 Å². The Morgan fingerprint density at radius 1 is 1.02 bits per heavy atom. The van der Waals surface area contributed by atoms with Crippen LogP contribution in [0.5, 0.6) is 0 Å². The summed E-state index contributed by atoms with van der Waals surface area (Å²) in [7, 11) is 1.06. The minimum atomic E-state index is -2.33.